The molecule has 0 spiro atoms. The van der Waals surface area contributed by atoms with E-state index >= 15 is 0 Å². The molecule has 0 amide bonds. The lowest BCUT2D eigenvalue weighted by Gasteiger charge is -2.15. The molecule has 0 radical (unpaired) electrons. The molecule has 2 unspecified atom stereocenters. The van der Waals surface area contributed by atoms with Gasteiger partial charge in [0.2, 0.25) is 0 Å². The fraction of sp³-hybridized carbons (Fsp3) is 1.00. The van der Waals surface area contributed by atoms with Crippen molar-refractivity contribution in [3.63, 3.8) is 0 Å². The van der Waals surface area contributed by atoms with Crippen LogP contribution in [0.2, 0.25) is 0 Å². The maximum absolute atomic E-state index is 11.8. The van der Waals surface area contributed by atoms with Crippen LogP contribution in [0.5, 0.6) is 0 Å². The first-order chi connectivity index (χ1) is 6.42. The minimum atomic E-state index is -4.27. The zero-order chi connectivity index (χ0) is 10.8. The van der Waals surface area contributed by atoms with Crippen molar-refractivity contribution in [3.8, 4) is 0 Å². The summed E-state index contributed by atoms with van der Waals surface area (Å²) in [5.74, 6) is 0. The average molecular weight is 213 g/mol. The van der Waals surface area contributed by atoms with Crippen LogP contribution in [-0.2, 0) is 4.74 Å². The summed E-state index contributed by atoms with van der Waals surface area (Å²) in [4.78, 5) is 1.81. The number of rotatable bonds is 3. The highest BCUT2D eigenvalue weighted by Gasteiger charge is 2.34. The Balaban J connectivity index is 2.28. The van der Waals surface area contributed by atoms with Gasteiger partial charge in [-0.25, -0.2) is 0 Å². The lowest BCUT2D eigenvalue weighted by Crippen LogP contribution is -2.28. The van der Waals surface area contributed by atoms with E-state index in [-0.39, 0.29) is 12.6 Å². The van der Waals surface area contributed by atoms with Crippen LogP contribution in [0.15, 0.2) is 0 Å². The van der Waals surface area contributed by atoms with Crippen molar-refractivity contribution >= 4 is 0 Å². The second-order valence-corrected chi connectivity index (χ2v) is 3.56. The van der Waals surface area contributed by atoms with Gasteiger partial charge in [0, 0.05) is 12.6 Å². The quantitative estimate of drug-likeness (QED) is 0.746. The van der Waals surface area contributed by atoms with Crippen molar-refractivity contribution in [3.05, 3.63) is 0 Å². The summed E-state index contributed by atoms with van der Waals surface area (Å²) in [5, 5.41) is 8.86. The Morgan fingerprint density at radius 3 is 2.57 bits per heavy atom. The van der Waals surface area contributed by atoms with Crippen molar-refractivity contribution in [1.29, 1.82) is 0 Å². The highest BCUT2D eigenvalue weighted by molar-refractivity contribution is 4.83. The summed E-state index contributed by atoms with van der Waals surface area (Å²) in [5.41, 5.74) is 0. The Morgan fingerprint density at radius 2 is 2.14 bits per heavy atom. The van der Waals surface area contributed by atoms with E-state index in [1.807, 2.05) is 0 Å². The molecule has 14 heavy (non-hydrogen) atoms. The normalized spacial score (nSPS) is 29.8. The van der Waals surface area contributed by atoms with Crippen LogP contribution < -0.4 is 0 Å². The van der Waals surface area contributed by atoms with Gasteiger partial charge in [0.15, 0.2) is 0 Å². The number of likely N-dealkylation sites (N-methyl/N-ethyl adjacent to an activating group) is 1. The lowest BCUT2D eigenvalue weighted by molar-refractivity contribution is -0.183. The van der Waals surface area contributed by atoms with Gasteiger partial charge in [-0.15, -0.1) is 0 Å². The maximum Gasteiger partial charge on any atom is 0.411 e. The van der Waals surface area contributed by atoms with E-state index in [1.54, 1.807) is 11.9 Å². The number of aliphatic hydroxyl groups excluding tert-OH is 1. The summed E-state index contributed by atoms with van der Waals surface area (Å²) in [6, 6.07) is -0.0757. The molecule has 1 rings (SSSR count). The summed E-state index contributed by atoms with van der Waals surface area (Å²) in [7, 11) is 1.76. The largest absolute Gasteiger partial charge is 0.411 e. The first kappa shape index (κ1) is 11.7. The molecule has 0 aromatic rings. The number of alkyl halides is 3. The zero-order valence-electron chi connectivity index (χ0n) is 7.92. The third kappa shape index (κ3) is 3.43. The maximum atomic E-state index is 11.8. The molecule has 0 aliphatic carbocycles. The van der Waals surface area contributed by atoms with Gasteiger partial charge in [0.1, 0.15) is 6.61 Å². The van der Waals surface area contributed by atoms with Gasteiger partial charge in [0.25, 0.3) is 0 Å². The molecule has 1 aliphatic heterocycles. The van der Waals surface area contributed by atoms with E-state index in [0.717, 1.165) is 0 Å². The van der Waals surface area contributed by atoms with E-state index in [2.05, 4.69) is 0 Å². The summed E-state index contributed by atoms with van der Waals surface area (Å²) in [6.07, 6.45) is -4.22. The fourth-order valence-corrected chi connectivity index (χ4v) is 1.58. The van der Waals surface area contributed by atoms with E-state index in [0.29, 0.717) is 13.0 Å². The van der Waals surface area contributed by atoms with Crippen LogP contribution >= 0.6 is 0 Å². The number of halogens is 3. The SMILES string of the molecule is CN1CC(OCC(F)(F)F)CC1CO. The number of likely N-dealkylation sites (tertiary alicyclic amines) is 1. The van der Waals surface area contributed by atoms with Crippen molar-refractivity contribution in [2.45, 2.75) is 24.7 Å². The number of hydrogen-bond donors (Lipinski definition) is 1. The molecule has 2 atom stereocenters. The molecule has 0 aromatic heterocycles. The number of hydrogen-bond acceptors (Lipinski definition) is 3. The van der Waals surface area contributed by atoms with Gasteiger partial charge in [-0.3, -0.25) is 4.90 Å². The Morgan fingerprint density at radius 1 is 1.50 bits per heavy atom. The summed E-state index contributed by atoms with van der Waals surface area (Å²) >= 11 is 0. The Bertz CT molecular complexity index is 186. The molecule has 3 nitrogen and oxygen atoms in total. The molecule has 1 saturated heterocycles. The van der Waals surface area contributed by atoms with Crippen LogP contribution in [0.4, 0.5) is 13.2 Å². The number of nitrogens with zero attached hydrogens (tertiary/aromatic N) is 1. The predicted molar refractivity (Wildman–Crippen MR) is 43.9 cm³/mol. The van der Waals surface area contributed by atoms with Crippen LogP contribution in [0.25, 0.3) is 0 Å². The van der Waals surface area contributed by atoms with Crippen molar-refractivity contribution < 1.29 is 23.0 Å². The molecule has 6 heteroatoms. The smallest absolute Gasteiger partial charge is 0.395 e. The average Bonchev–Trinajstić information content (AvgIpc) is 2.42. The second-order valence-electron chi connectivity index (χ2n) is 3.56. The van der Waals surface area contributed by atoms with Gasteiger partial charge in [-0.2, -0.15) is 13.2 Å². The molecule has 1 aliphatic rings. The Kier molecular flexibility index (Phi) is 3.74. The van der Waals surface area contributed by atoms with Gasteiger partial charge in [-0.05, 0) is 13.5 Å². The third-order valence-corrected chi connectivity index (χ3v) is 2.34. The molecule has 0 aromatic carbocycles. The summed E-state index contributed by atoms with van der Waals surface area (Å²) < 4.78 is 40.1. The number of aliphatic hydroxyl groups is 1. The van der Waals surface area contributed by atoms with Crippen LogP contribution in [-0.4, -0.2) is 55.1 Å². The summed E-state index contributed by atoms with van der Waals surface area (Å²) in [6.45, 7) is -0.798. The van der Waals surface area contributed by atoms with E-state index in [1.165, 1.54) is 0 Å². The molecule has 84 valence electrons. The zero-order valence-corrected chi connectivity index (χ0v) is 7.92. The molecular weight excluding hydrogens is 199 g/mol. The fourth-order valence-electron chi connectivity index (χ4n) is 1.58. The van der Waals surface area contributed by atoms with Gasteiger partial charge < -0.3 is 9.84 Å². The Labute approximate surface area is 80.5 Å². The minimum absolute atomic E-state index is 0.0393. The number of ether oxygens (including phenoxy) is 1. The highest BCUT2D eigenvalue weighted by Crippen LogP contribution is 2.21. The monoisotopic (exact) mass is 213 g/mol. The molecule has 1 fully saturated rings. The predicted octanol–water partition coefficient (Wildman–Crippen LogP) is 0.630. The van der Waals surface area contributed by atoms with Crippen LogP contribution in [0.1, 0.15) is 6.42 Å². The Hall–Kier alpha value is -0.330. The standard InChI is InChI=1S/C8H14F3NO2/c1-12-3-7(2-6(12)4-13)14-5-8(9,10)11/h6-7,13H,2-5H2,1H3. The van der Waals surface area contributed by atoms with Crippen molar-refractivity contribution in [1.82, 2.24) is 4.90 Å². The molecular formula is C8H14F3NO2. The first-order valence-electron chi connectivity index (χ1n) is 4.42. The van der Waals surface area contributed by atoms with Gasteiger partial charge in [-0.1, -0.05) is 0 Å². The molecule has 1 N–H and O–H groups in total. The second kappa shape index (κ2) is 4.46. The molecule has 0 bridgehead atoms. The third-order valence-electron chi connectivity index (χ3n) is 2.34. The molecule has 0 saturated carbocycles. The van der Waals surface area contributed by atoms with Gasteiger partial charge in [0.05, 0.1) is 12.7 Å². The van der Waals surface area contributed by atoms with Crippen LogP contribution in [0.3, 0.4) is 0 Å². The van der Waals surface area contributed by atoms with E-state index in [9.17, 15) is 13.2 Å². The van der Waals surface area contributed by atoms with E-state index < -0.39 is 18.9 Å². The highest BCUT2D eigenvalue weighted by atomic mass is 19.4. The van der Waals surface area contributed by atoms with E-state index in [4.69, 9.17) is 9.84 Å². The topological polar surface area (TPSA) is 32.7 Å². The molecule has 1 heterocycles. The van der Waals surface area contributed by atoms with Crippen LogP contribution in [0, 0.1) is 0 Å². The minimum Gasteiger partial charge on any atom is -0.395 e. The first-order valence-corrected chi connectivity index (χ1v) is 4.42. The van der Waals surface area contributed by atoms with Gasteiger partial charge >= 0.3 is 6.18 Å². The lowest BCUT2D eigenvalue weighted by atomic mass is 10.2. The van der Waals surface area contributed by atoms with Crippen molar-refractivity contribution in [2.24, 2.45) is 0 Å². The van der Waals surface area contributed by atoms with Crippen molar-refractivity contribution in [2.75, 3.05) is 26.8 Å².